The minimum Gasteiger partial charge on any atom is -0.457 e. The topological polar surface area (TPSA) is 67.6 Å². The molecule has 0 N–H and O–H groups in total. The number of thioether (sulfide) groups is 1. The second-order valence-corrected chi connectivity index (χ2v) is 7.58. The van der Waals surface area contributed by atoms with E-state index in [2.05, 4.69) is 0 Å². The first-order chi connectivity index (χ1) is 14.0. The van der Waals surface area contributed by atoms with Crippen LogP contribution >= 0.6 is 11.8 Å². The zero-order valence-electron chi connectivity index (χ0n) is 15.6. The minimum atomic E-state index is -0.326. The van der Waals surface area contributed by atoms with Gasteiger partial charge >= 0.3 is 0 Å². The van der Waals surface area contributed by atoms with E-state index in [1.165, 1.54) is 11.8 Å². The summed E-state index contributed by atoms with van der Waals surface area (Å²) in [6, 6.07) is 20.0. The van der Waals surface area contributed by atoms with Crippen LogP contribution in [0.2, 0.25) is 0 Å². The summed E-state index contributed by atoms with van der Waals surface area (Å²) in [4.78, 5) is 37.9. The Hall–Kier alpha value is -3.38. The summed E-state index contributed by atoms with van der Waals surface area (Å²) < 4.78 is 5.81. The molecule has 2 heterocycles. The van der Waals surface area contributed by atoms with Crippen LogP contribution in [0, 0.1) is 0 Å². The average Bonchev–Trinajstić information content (AvgIpc) is 3.29. The van der Waals surface area contributed by atoms with E-state index >= 15 is 0 Å². The fourth-order valence-electron chi connectivity index (χ4n) is 2.99. The van der Waals surface area contributed by atoms with Gasteiger partial charge < -0.3 is 4.42 Å². The standard InChI is InChI=1S/C23H17NO4S/c1-15(25)17-7-9-18(10-8-17)20-12-11-19(28-20)13-21-22(26)24(23(27)29-21)14-16-5-3-2-4-6-16/h2-13H,14H2,1H3/b21-13+. The molecule has 1 aliphatic heterocycles. The predicted octanol–water partition coefficient (Wildman–Crippen LogP) is 5.39. The van der Waals surface area contributed by atoms with Crippen LogP contribution in [0.15, 0.2) is 76.1 Å². The summed E-state index contributed by atoms with van der Waals surface area (Å²) in [7, 11) is 0. The molecule has 1 fully saturated rings. The predicted molar refractivity (Wildman–Crippen MR) is 112 cm³/mol. The van der Waals surface area contributed by atoms with Crippen LogP contribution in [0.5, 0.6) is 0 Å². The monoisotopic (exact) mass is 403 g/mol. The number of carbonyl (C=O) groups excluding carboxylic acids is 3. The maximum atomic E-state index is 12.6. The molecule has 0 unspecified atom stereocenters. The molecule has 3 aromatic rings. The quantitative estimate of drug-likeness (QED) is 0.422. The summed E-state index contributed by atoms with van der Waals surface area (Å²) in [5, 5.41) is -0.295. The van der Waals surface area contributed by atoms with Crippen LogP contribution in [0.3, 0.4) is 0 Å². The molecular weight excluding hydrogens is 386 g/mol. The van der Waals surface area contributed by atoms with Crippen molar-refractivity contribution in [3.63, 3.8) is 0 Å². The van der Waals surface area contributed by atoms with Gasteiger partial charge in [0.05, 0.1) is 11.4 Å². The Morgan fingerprint density at radius 2 is 1.72 bits per heavy atom. The molecule has 4 rings (SSSR count). The van der Waals surface area contributed by atoms with Crippen molar-refractivity contribution in [2.45, 2.75) is 13.5 Å². The van der Waals surface area contributed by atoms with Crippen LogP contribution in [0.4, 0.5) is 4.79 Å². The van der Waals surface area contributed by atoms with E-state index in [9.17, 15) is 14.4 Å². The van der Waals surface area contributed by atoms with E-state index in [0.717, 1.165) is 22.9 Å². The Morgan fingerprint density at radius 3 is 2.41 bits per heavy atom. The molecule has 0 atom stereocenters. The van der Waals surface area contributed by atoms with Gasteiger partial charge in [0.2, 0.25) is 0 Å². The molecule has 0 saturated carbocycles. The van der Waals surface area contributed by atoms with Crippen molar-refractivity contribution in [1.29, 1.82) is 0 Å². The molecule has 1 aliphatic rings. The Morgan fingerprint density at radius 1 is 1.00 bits per heavy atom. The van der Waals surface area contributed by atoms with Crippen LogP contribution < -0.4 is 0 Å². The lowest BCUT2D eigenvalue weighted by atomic mass is 10.1. The van der Waals surface area contributed by atoms with Crippen molar-refractivity contribution < 1.29 is 18.8 Å². The fourth-order valence-corrected chi connectivity index (χ4v) is 3.80. The Kier molecular flexibility index (Phi) is 5.18. The number of hydrogen-bond acceptors (Lipinski definition) is 5. The number of rotatable bonds is 5. The van der Waals surface area contributed by atoms with E-state index < -0.39 is 0 Å². The van der Waals surface area contributed by atoms with Crippen molar-refractivity contribution in [3.8, 4) is 11.3 Å². The smallest absolute Gasteiger partial charge is 0.293 e. The largest absolute Gasteiger partial charge is 0.457 e. The van der Waals surface area contributed by atoms with E-state index in [-0.39, 0.29) is 23.5 Å². The average molecular weight is 403 g/mol. The van der Waals surface area contributed by atoms with Crippen molar-refractivity contribution in [3.05, 3.63) is 88.5 Å². The molecule has 0 spiro atoms. The number of benzene rings is 2. The lowest BCUT2D eigenvalue weighted by Crippen LogP contribution is -2.27. The molecule has 2 aromatic carbocycles. The van der Waals surface area contributed by atoms with Gasteiger partial charge in [-0.3, -0.25) is 19.3 Å². The maximum Gasteiger partial charge on any atom is 0.293 e. The van der Waals surface area contributed by atoms with Crippen molar-refractivity contribution in [2.24, 2.45) is 0 Å². The van der Waals surface area contributed by atoms with Gasteiger partial charge in [0.15, 0.2) is 5.78 Å². The van der Waals surface area contributed by atoms with Gasteiger partial charge in [0, 0.05) is 17.2 Å². The highest BCUT2D eigenvalue weighted by atomic mass is 32.2. The third kappa shape index (κ3) is 4.07. The molecular formula is C23H17NO4S. The highest BCUT2D eigenvalue weighted by molar-refractivity contribution is 8.18. The number of furan rings is 1. The molecule has 5 nitrogen and oxygen atoms in total. The lowest BCUT2D eigenvalue weighted by molar-refractivity contribution is -0.123. The summed E-state index contributed by atoms with van der Waals surface area (Å²) in [6.07, 6.45) is 1.59. The highest BCUT2D eigenvalue weighted by Crippen LogP contribution is 2.34. The van der Waals surface area contributed by atoms with Gasteiger partial charge in [-0.05, 0) is 36.4 Å². The third-order valence-electron chi connectivity index (χ3n) is 4.53. The van der Waals surface area contributed by atoms with Crippen LogP contribution in [0.1, 0.15) is 28.6 Å². The third-order valence-corrected chi connectivity index (χ3v) is 5.44. The maximum absolute atomic E-state index is 12.6. The van der Waals surface area contributed by atoms with Crippen molar-refractivity contribution in [1.82, 2.24) is 4.90 Å². The van der Waals surface area contributed by atoms with Crippen LogP contribution in [0.25, 0.3) is 17.4 Å². The second-order valence-electron chi connectivity index (χ2n) is 6.59. The molecule has 1 saturated heterocycles. The van der Waals surface area contributed by atoms with Crippen molar-refractivity contribution in [2.75, 3.05) is 0 Å². The molecule has 1 aromatic heterocycles. The van der Waals surface area contributed by atoms with Gasteiger partial charge in [0.25, 0.3) is 11.1 Å². The number of amides is 2. The molecule has 0 radical (unpaired) electrons. The van der Waals surface area contributed by atoms with Gasteiger partial charge in [-0.2, -0.15) is 0 Å². The Balaban J connectivity index is 1.52. The highest BCUT2D eigenvalue weighted by Gasteiger charge is 2.35. The lowest BCUT2D eigenvalue weighted by Gasteiger charge is -2.11. The number of imide groups is 1. The second kappa shape index (κ2) is 7.93. The zero-order valence-corrected chi connectivity index (χ0v) is 16.4. The van der Waals surface area contributed by atoms with E-state index in [0.29, 0.717) is 22.0 Å². The van der Waals surface area contributed by atoms with Crippen LogP contribution in [-0.4, -0.2) is 21.8 Å². The number of hydrogen-bond donors (Lipinski definition) is 0. The van der Waals surface area contributed by atoms with E-state index in [1.54, 1.807) is 30.3 Å². The fraction of sp³-hybridized carbons (Fsp3) is 0.0870. The summed E-state index contributed by atoms with van der Waals surface area (Å²) in [5.74, 6) is 0.784. The first-order valence-corrected chi connectivity index (χ1v) is 9.83. The van der Waals surface area contributed by atoms with Crippen LogP contribution in [-0.2, 0) is 11.3 Å². The SMILES string of the molecule is CC(=O)c1ccc(-c2ccc(/C=C3/SC(=O)N(Cc4ccccc4)C3=O)o2)cc1. The van der Waals surface area contributed by atoms with E-state index in [1.807, 2.05) is 42.5 Å². The molecule has 0 aliphatic carbocycles. The number of ketones is 1. The zero-order chi connectivity index (χ0) is 20.4. The molecule has 144 valence electrons. The van der Waals surface area contributed by atoms with Crippen molar-refractivity contribution >= 4 is 34.8 Å². The van der Waals surface area contributed by atoms with Gasteiger partial charge in [0.1, 0.15) is 11.5 Å². The molecule has 2 amide bonds. The summed E-state index contributed by atoms with van der Waals surface area (Å²) >= 11 is 0.907. The number of carbonyl (C=O) groups is 3. The molecule has 6 heteroatoms. The first-order valence-electron chi connectivity index (χ1n) is 9.02. The Labute approximate surface area is 172 Å². The number of Topliss-reactive ketones (excluding diaryl/α,β-unsaturated/α-hetero) is 1. The normalized spacial score (nSPS) is 15.3. The van der Waals surface area contributed by atoms with Gasteiger partial charge in [-0.15, -0.1) is 0 Å². The summed E-state index contributed by atoms with van der Waals surface area (Å²) in [5.41, 5.74) is 2.35. The summed E-state index contributed by atoms with van der Waals surface area (Å²) in [6.45, 7) is 1.76. The van der Waals surface area contributed by atoms with E-state index in [4.69, 9.17) is 4.42 Å². The minimum absolute atomic E-state index is 0.00270. The van der Waals surface area contributed by atoms with Gasteiger partial charge in [-0.1, -0.05) is 54.6 Å². The first kappa shape index (κ1) is 19.0. The Bertz CT molecular complexity index is 1110. The van der Waals surface area contributed by atoms with Gasteiger partial charge in [-0.25, -0.2) is 0 Å². The molecule has 0 bridgehead atoms. The number of nitrogens with zero attached hydrogens (tertiary/aromatic N) is 1. The molecule has 29 heavy (non-hydrogen) atoms.